The number of amides is 2. The summed E-state index contributed by atoms with van der Waals surface area (Å²) in [5, 5.41) is 0. The van der Waals surface area contributed by atoms with Crippen LogP contribution in [0.5, 0.6) is 0 Å². The van der Waals surface area contributed by atoms with Crippen molar-refractivity contribution >= 4 is 17.8 Å². The number of esters is 1. The van der Waals surface area contributed by atoms with E-state index in [4.69, 9.17) is 4.74 Å². The van der Waals surface area contributed by atoms with E-state index in [1.54, 1.807) is 24.0 Å². The highest BCUT2D eigenvalue weighted by Crippen LogP contribution is 2.18. The fraction of sp³-hybridized carbons (Fsp3) is 0.769. The number of hydrogen-bond acceptors (Lipinski definition) is 5. The van der Waals surface area contributed by atoms with Crippen LogP contribution in [0.2, 0.25) is 0 Å². The Bertz CT molecular complexity index is 372. The molecule has 0 radical (unpaired) electrons. The van der Waals surface area contributed by atoms with Gasteiger partial charge in [0, 0.05) is 40.2 Å². The van der Waals surface area contributed by atoms with Crippen molar-refractivity contribution in [2.24, 2.45) is 5.92 Å². The second-order valence-electron chi connectivity index (χ2n) is 4.82. The summed E-state index contributed by atoms with van der Waals surface area (Å²) in [5.74, 6) is -0.825. The van der Waals surface area contributed by atoms with Crippen molar-refractivity contribution in [2.45, 2.75) is 12.8 Å². The number of carbonyl (C=O) groups excluding carboxylic acids is 3. The summed E-state index contributed by atoms with van der Waals surface area (Å²) < 4.78 is 9.55. The topological polar surface area (TPSA) is 76.1 Å². The van der Waals surface area contributed by atoms with Gasteiger partial charge in [0.2, 0.25) is 11.8 Å². The Morgan fingerprint density at radius 1 is 1.35 bits per heavy atom. The zero-order valence-corrected chi connectivity index (χ0v) is 12.3. The lowest BCUT2D eigenvalue weighted by molar-refractivity contribution is -0.142. The summed E-state index contributed by atoms with van der Waals surface area (Å²) in [5.41, 5.74) is 0. The number of likely N-dealkylation sites (tertiary alicyclic amines) is 1. The molecule has 0 aliphatic carbocycles. The number of methoxy groups -OCH3 is 2. The van der Waals surface area contributed by atoms with Gasteiger partial charge in [0.15, 0.2) is 0 Å². The van der Waals surface area contributed by atoms with Crippen LogP contribution in [0.4, 0.5) is 0 Å². The van der Waals surface area contributed by atoms with Gasteiger partial charge >= 0.3 is 5.97 Å². The fourth-order valence-corrected chi connectivity index (χ4v) is 2.15. The van der Waals surface area contributed by atoms with Crippen LogP contribution < -0.4 is 0 Å². The molecule has 7 heteroatoms. The molecule has 1 atom stereocenters. The summed E-state index contributed by atoms with van der Waals surface area (Å²) >= 11 is 0. The molecule has 0 spiro atoms. The van der Waals surface area contributed by atoms with Gasteiger partial charge in [0.05, 0.1) is 26.1 Å². The maximum absolute atomic E-state index is 12.4. The Kier molecular flexibility index (Phi) is 6.44. The summed E-state index contributed by atoms with van der Waals surface area (Å²) in [7, 11) is 4.55. The van der Waals surface area contributed by atoms with Crippen LogP contribution in [0.25, 0.3) is 0 Å². The van der Waals surface area contributed by atoms with Gasteiger partial charge in [-0.25, -0.2) is 0 Å². The second kappa shape index (κ2) is 7.84. The zero-order valence-electron chi connectivity index (χ0n) is 12.3. The van der Waals surface area contributed by atoms with Gasteiger partial charge in [0.25, 0.3) is 0 Å². The van der Waals surface area contributed by atoms with Gasteiger partial charge in [-0.15, -0.1) is 0 Å². The molecular formula is C13H22N2O5. The van der Waals surface area contributed by atoms with E-state index in [0.717, 1.165) is 0 Å². The van der Waals surface area contributed by atoms with Crippen LogP contribution in [0, 0.1) is 5.92 Å². The Balaban J connectivity index is 2.59. The summed E-state index contributed by atoms with van der Waals surface area (Å²) in [4.78, 5) is 38.2. The van der Waals surface area contributed by atoms with Crippen LogP contribution in [-0.4, -0.2) is 75.1 Å². The van der Waals surface area contributed by atoms with E-state index >= 15 is 0 Å². The molecule has 1 heterocycles. The first-order valence-electron chi connectivity index (χ1n) is 6.58. The molecule has 1 aliphatic heterocycles. The van der Waals surface area contributed by atoms with Gasteiger partial charge in [-0.3, -0.25) is 14.4 Å². The number of ether oxygens (including phenoxy) is 2. The monoisotopic (exact) mass is 286 g/mol. The minimum absolute atomic E-state index is 0.0250. The molecule has 1 aliphatic rings. The Morgan fingerprint density at radius 2 is 2.05 bits per heavy atom. The number of hydrogen-bond donors (Lipinski definition) is 0. The molecule has 114 valence electrons. The first kappa shape index (κ1) is 16.4. The highest BCUT2D eigenvalue weighted by atomic mass is 16.5. The largest absolute Gasteiger partial charge is 0.469 e. The Morgan fingerprint density at radius 3 is 2.55 bits per heavy atom. The van der Waals surface area contributed by atoms with Crippen LogP contribution in [0.1, 0.15) is 12.8 Å². The first-order valence-corrected chi connectivity index (χ1v) is 6.58. The minimum atomic E-state index is -0.361. The van der Waals surface area contributed by atoms with Crippen LogP contribution in [-0.2, 0) is 23.9 Å². The Labute approximate surface area is 118 Å². The van der Waals surface area contributed by atoms with Crippen molar-refractivity contribution in [3.05, 3.63) is 0 Å². The quantitative estimate of drug-likeness (QED) is 0.590. The third kappa shape index (κ3) is 4.48. The maximum Gasteiger partial charge on any atom is 0.307 e. The summed E-state index contributed by atoms with van der Waals surface area (Å²) in [6.45, 7) is 1.51. The third-order valence-electron chi connectivity index (χ3n) is 3.38. The average molecular weight is 286 g/mol. The predicted molar refractivity (Wildman–Crippen MR) is 70.8 cm³/mol. The molecular weight excluding hydrogens is 264 g/mol. The van der Waals surface area contributed by atoms with E-state index in [-0.39, 0.29) is 43.1 Å². The maximum atomic E-state index is 12.4. The van der Waals surface area contributed by atoms with Gasteiger partial charge in [-0.1, -0.05) is 0 Å². The lowest BCUT2D eigenvalue weighted by Crippen LogP contribution is -2.40. The molecule has 0 saturated carbocycles. The molecule has 0 aromatic carbocycles. The summed E-state index contributed by atoms with van der Waals surface area (Å²) in [6.07, 6.45) is 0.375. The normalized spacial score (nSPS) is 18.2. The molecule has 1 saturated heterocycles. The summed E-state index contributed by atoms with van der Waals surface area (Å²) in [6, 6.07) is 0. The standard InChI is InChI=1S/C13H22N2O5/c1-14-9-10(8-11(14)16)13(18)15(6-7-19-2)5-4-12(17)20-3/h10H,4-9H2,1-3H3. The average Bonchev–Trinajstić information content (AvgIpc) is 2.77. The molecule has 0 aromatic heterocycles. The van der Waals surface area contributed by atoms with Crippen molar-refractivity contribution in [2.75, 3.05) is 47.5 Å². The SMILES string of the molecule is COCCN(CCC(=O)OC)C(=O)C1CC(=O)N(C)C1. The predicted octanol–water partition coefficient (Wildman–Crippen LogP) is -0.497. The zero-order chi connectivity index (χ0) is 15.1. The van der Waals surface area contributed by atoms with Crippen LogP contribution in [0.3, 0.4) is 0 Å². The smallest absolute Gasteiger partial charge is 0.307 e. The van der Waals surface area contributed by atoms with Crippen molar-refractivity contribution in [3.8, 4) is 0 Å². The molecule has 1 rings (SSSR count). The third-order valence-corrected chi connectivity index (χ3v) is 3.38. The number of nitrogens with zero attached hydrogens (tertiary/aromatic N) is 2. The van der Waals surface area contributed by atoms with Crippen molar-refractivity contribution in [1.29, 1.82) is 0 Å². The van der Waals surface area contributed by atoms with E-state index in [0.29, 0.717) is 19.7 Å². The van der Waals surface area contributed by atoms with E-state index in [9.17, 15) is 14.4 Å². The molecule has 20 heavy (non-hydrogen) atoms. The fourth-order valence-electron chi connectivity index (χ4n) is 2.15. The van der Waals surface area contributed by atoms with Crippen LogP contribution >= 0.6 is 0 Å². The van der Waals surface area contributed by atoms with Gasteiger partial charge in [-0.05, 0) is 0 Å². The molecule has 0 bridgehead atoms. The molecule has 2 amide bonds. The molecule has 1 fully saturated rings. The highest BCUT2D eigenvalue weighted by molar-refractivity contribution is 5.89. The van der Waals surface area contributed by atoms with Gasteiger partial charge in [0.1, 0.15) is 0 Å². The Hall–Kier alpha value is -1.63. The van der Waals surface area contributed by atoms with Crippen molar-refractivity contribution < 1.29 is 23.9 Å². The number of carbonyl (C=O) groups is 3. The molecule has 1 unspecified atom stereocenters. The van der Waals surface area contributed by atoms with E-state index in [1.165, 1.54) is 7.11 Å². The lowest BCUT2D eigenvalue weighted by Gasteiger charge is -2.24. The second-order valence-corrected chi connectivity index (χ2v) is 4.82. The van der Waals surface area contributed by atoms with Gasteiger partial charge in [-0.2, -0.15) is 0 Å². The van der Waals surface area contributed by atoms with Crippen molar-refractivity contribution in [1.82, 2.24) is 9.80 Å². The van der Waals surface area contributed by atoms with Crippen LogP contribution in [0.15, 0.2) is 0 Å². The van der Waals surface area contributed by atoms with E-state index < -0.39 is 0 Å². The molecule has 0 aromatic rings. The minimum Gasteiger partial charge on any atom is -0.469 e. The molecule has 0 N–H and O–H groups in total. The first-order chi connectivity index (χ1) is 9.49. The lowest BCUT2D eigenvalue weighted by atomic mass is 10.1. The van der Waals surface area contributed by atoms with Crippen molar-refractivity contribution in [3.63, 3.8) is 0 Å². The van der Waals surface area contributed by atoms with E-state index in [2.05, 4.69) is 4.74 Å². The molecule has 7 nitrogen and oxygen atoms in total. The number of rotatable bonds is 7. The van der Waals surface area contributed by atoms with E-state index in [1.807, 2.05) is 0 Å². The van der Waals surface area contributed by atoms with Gasteiger partial charge < -0.3 is 19.3 Å². The highest BCUT2D eigenvalue weighted by Gasteiger charge is 2.34.